The second-order valence-corrected chi connectivity index (χ2v) is 9.28. The maximum absolute atomic E-state index is 14.5. The minimum Gasteiger partial charge on any atom is -0.303 e. The Balaban J connectivity index is 1.68. The Bertz CT molecular complexity index is 1390. The summed E-state index contributed by atoms with van der Waals surface area (Å²) in [4.78, 5) is 21.4. The second-order valence-electron chi connectivity index (χ2n) is 9.28. The molecule has 1 aliphatic rings. The standard InChI is InChI=1S/C29H30FN3O/c1-3-32-16-8-10-21(18-32)19-33-28(23-11-5-4-9-20(23)2)31-27-15-14-22(17-25(27)29(33)34)24-12-6-7-13-26(24)30/h4-7,9,11-15,17,21H,3,8,10,16,18-19H2,1-2H3. The summed E-state index contributed by atoms with van der Waals surface area (Å²) >= 11 is 0. The lowest BCUT2D eigenvalue weighted by Gasteiger charge is -2.32. The van der Waals surface area contributed by atoms with Crippen LogP contribution in [-0.2, 0) is 6.54 Å². The topological polar surface area (TPSA) is 38.1 Å². The first-order valence-corrected chi connectivity index (χ1v) is 12.1. The van der Waals surface area contributed by atoms with E-state index in [-0.39, 0.29) is 11.4 Å². The Kier molecular flexibility index (Phi) is 6.29. The van der Waals surface area contributed by atoms with Gasteiger partial charge in [0.1, 0.15) is 11.6 Å². The molecule has 4 nitrogen and oxygen atoms in total. The highest BCUT2D eigenvalue weighted by molar-refractivity contribution is 5.85. The number of nitrogens with zero attached hydrogens (tertiary/aromatic N) is 3. The molecule has 5 heteroatoms. The molecule has 1 saturated heterocycles. The van der Waals surface area contributed by atoms with Crippen LogP contribution in [0.15, 0.2) is 71.5 Å². The fourth-order valence-corrected chi connectivity index (χ4v) is 5.13. The third-order valence-electron chi connectivity index (χ3n) is 7.02. The van der Waals surface area contributed by atoms with Gasteiger partial charge in [0.15, 0.2) is 0 Å². The summed E-state index contributed by atoms with van der Waals surface area (Å²) in [5.41, 5.74) is 3.82. The molecule has 0 bridgehead atoms. The van der Waals surface area contributed by atoms with E-state index in [0.717, 1.165) is 43.6 Å². The Morgan fingerprint density at radius 3 is 2.56 bits per heavy atom. The van der Waals surface area contributed by atoms with Crippen LogP contribution in [0, 0.1) is 18.7 Å². The van der Waals surface area contributed by atoms with E-state index >= 15 is 0 Å². The van der Waals surface area contributed by atoms with Crippen molar-refractivity contribution in [1.29, 1.82) is 0 Å². The van der Waals surface area contributed by atoms with Gasteiger partial charge in [-0.25, -0.2) is 9.37 Å². The predicted octanol–water partition coefficient (Wildman–Crippen LogP) is 5.91. The van der Waals surface area contributed by atoms with Crippen LogP contribution >= 0.6 is 0 Å². The maximum atomic E-state index is 14.5. The quantitative estimate of drug-likeness (QED) is 0.375. The first-order valence-electron chi connectivity index (χ1n) is 12.1. The van der Waals surface area contributed by atoms with Crippen LogP contribution in [0.3, 0.4) is 0 Å². The Morgan fingerprint density at radius 1 is 1.03 bits per heavy atom. The van der Waals surface area contributed by atoms with Gasteiger partial charge < -0.3 is 4.90 Å². The van der Waals surface area contributed by atoms with Gasteiger partial charge in [-0.2, -0.15) is 0 Å². The molecule has 1 atom stereocenters. The lowest BCUT2D eigenvalue weighted by molar-refractivity contribution is 0.169. The Hall–Kier alpha value is -3.31. The number of hydrogen-bond donors (Lipinski definition) is 0. The summed E-state index contributed by atoms with van der Waals surface area (Å²) in [5, 5.41) is 0.529. The van der Waals surface area contributed by atoms with Gasteiger partial charge in [0.05, 0.1) is 10.9 Å². The zero-order valence-corrected chi connectivity index (χ0v) is 19.8. The maximum Gasteiger partial charge on any atom is 0.261 e. The average Bonchev–Trinajstić information content (AvgIpc) is 2.86. The van der Waals surface area contributed by atoms with Crippen molar-refractivity contribution in [3.05, 3.63) is 88.5 Å². The lowest BCUT2D eigenvalue weighted by atomic mass is 9.97. The first kappa shape index (κ1) is 22.5. The van der Waals surface area contributed by atoms with Gasteiger partial charge in [-0.1, -0.05) is 55.5 Å². The van der Waals surface area contributed by atoms with Gasteiger partial charge in [0.25, 0.3) is 5.56 Å². The molecule has 4 aromatic rings. The van der Waals surface area contributed by atoms with E-state index in [4.69, 9.17) is 4.98 Å². The van der Waals surface area contributed by atoms with Gasteiger partial charge in [-0.05, 0) is 68.1 Å². The molecule has 174 valence electrons. The van der Waals surface area contributed by atoms with Gasteiger partial charge in [-0.15, -0.1) is 0 Å². The molecule has 0 spiro atoms. The molecule has 5 rings (SSSR count). The third-order valence-corrected chi connectivity index (χ3v) is 7.02. The molecule has 1 aliphatic heterocycles. The zero-order chi connectivity index (χ0) is 23.7. The van der Waals surface area contributed by atoms with E-state index in [9.17, 15) is 9.18 Å². The Labute approximate surface area is 199 Å². The fraction of sp³-hybridized carbons (Fsp3) is 0.310. The molecule has 3 aromatic carbocycles. The number of halogens is 1. The van der Waals surface area contributed by atoms with Crippen LogP contribution in [0.1, 0.15) is 25.3 Å². The van der Waals surface area contributed by atoms with Crippen LogP contribution in [0.25, 0.3) is 33.4 Å². The van der Waals surface area contributed by atoms with Crippen molar-refractivity contribution >= 4 is 10.9 Å². The molecule has 1 fully saturated rings. The highest BCUT2D eigenvalue weighted by Crippen LogP contribution is 2.28. The van der Waals surface area contributed by atoms with Gasteiger partial charge in [-0.3, -0.25) is 9.36 Å². The SMILES string of the molecule is CCN1CCCC(Cn2c(-c3ccccc3C)nc3ccc(-c4ccccc4F)cc3c2=O)C1. The third kappa shape index (κ3) is 4.28. The normalized spacial score (nSPS) is 16.7. The van der Waals surface area contributed by atoms with Crippen LogP contribution in [0.2, 0.25) is 0 Å². The number of rotatable bonds is 5. The van der Waals surface area contributed by atoms with E-state index in [0.29, 0.717) is 40.3 Å². The van der Waals surface area contributed by atoms with Crippen molar-refractivity contribution in [3.63, 3.8) is 0 Å². The molecular formula is C29H30FN3O. The van der Waals surface area contributed by atoms with Crippen LogP contribution in [0.5, 0.6) is 0 Å². The van der Waals surface area contributed by atoms with Crippen molar-refractivity contribution < 1.29 is 4.39 Å². The summed E-state index contributed by atoms with van der Waals surface area (Å²) in [6, 6.07) is 20.2. The number of hydrogen-bond acceptors (Lipinski definition) is 3. The van der Waals surface area contributed by atoms with Crippen LogP contribution in [-0.4, -0.2) is 34.1 Å². The van der Waals surface area contributed by atoms with E-state index in [2.05, 4.69) is 24.8 Å². The monoisotopic (exact) mass is 455 g/mol. The van der Waals surface area contributed by atoms with E-state index in [1.54, 1.807) is 18.2 Å². The Morgan fingerprint density at radius 2 is 1.79 bits per heavy atom. The number of likely N-dealkylation sites (tertiary alicyclic amines) is 1. The fourth-order valence-electron chi connectivity index (χ4n) is 5.13. The van der Waals surface area contributed by atoms with Crippen molar-refractivity contribution in [2.24, 2.45) is 5.92 Å². The van der Waals surface area contributed by atoms with Crippen molar-refractivity contribution in [2.75, 3.05) is 19.6 Å². The van der Waals surface area contributed by atoms with E-state index in [1.165, 1.54) is 6.07 Å². The predicted molar refractivity (Wildman–Crippen MR) is 136 cm³/mol. The van der Waals surface area contributed by atoms with Crippen molar-refractivity contribution in [1.82, 2.24) is 14.5 Å². The lowest BCUT2D eigenvalue weighted by Crippen LogP contribution is -2.38. The first-order chi connectivity index (χ1) is 16.5. The molecular weight excluding hydrogens is 425 g/mol. The molecule has 1 aromatic heterocycles. The number of benzene rings is 3. The van der Waals surface area contributed by atoms with Crippen LogP contribution < -0.4 is 5.56 Å². The molecule has 0 aliphatic carbocycles. The average molecular weight is 456 g/mol. The number of aryl methyl sites for hydroxylation is 1. The largest absolute Gasteiger partial charge is 0.303 e. The zero-order valence-electron chi connectivity index (χ0n) is 19.8. The minimum atomic E-state index is -0.298. The smallest absolute Gasteiger partial charge is 0.261 e. The summed E-state index contributed by atoms with van der Waals surface area (Å²) < 4.78 is 16.3. The highest BCUT2D eigenvalue weighted by atomic mass is 19.1. The van der Waals surface area contributed by atoms with Gasteiger partial charge in [0.2, 0.25) is 0 Å². The number of aromatic nitrogens is 2. The number of piperidine rings is 1. The summed E-state index contributed by atoms with van der Waals surface area (Å²) in [6.45, 7) is 8.01. The van der Waals surface area contributed by atoms with Crippen molar-refractivity contribution in [3.8, 4) is 22.5 Å². The molecule has 1 unspecified atom stereocenters. The number of fused-ring (bicyclic) bond motifs is 1. The molecule has 0 amide bonds. The summed E-state index contributed by atoms with van der Waals surface area (Å²) in [7, 11) is 0. The molecule has 34 heavy (non-hydrogen) atoms. The highest BCUT2D eigenvalue weighted by Gasteiger charge is 2.23. The van der Waals surface area contributed by atoms with Gasteiger partial charge in [0, 0.05) is 24.2 Å². The molecule has 0 radical (unpaired) electrons. The van der Waals surface area contributed by atoms with E-state index < -0.39 is 0 Å². The van der Waals surface area contributed by atoms with Crippen molar-refractivity contribution in [2.45, 2.75) is 33.2 Å². The van der Waals surface area contributed by atoms with E-state index in [1.807, 2.05) is 41.0 Å². The second kappa shape index (κ2) is 9.51. The molecule has 0 N–H and O–H groups in total. The van der Waals surface area contributed by atoms with Crippen LogP contribution in [0.4, 0.5) is 4.39 Å². The molecule has 0 saturated carbocycles. The molecule has 2 heterocycles. The van der Waals surface area contributed by atoms with Gasteiger partial charge >= 0.3 is 0 Å². The summed E-state index contributed by atoms with van der Waals surface area (Å²) in [6.07, 6.45) is 2.24. The summed E-state index contributed by atoms with van der Waals surface area (Å²) in [5.74, 6) is 0.805. The minimum absolute atomic E-state index is 0.0601.